The van der Waals surface area contributed by atoms with Crippen molar-refractivity contribution in [2.45, 2.75) is 44.7 Å². The molecular weight excluding hydrogens is 230 g/mol. The third-order valence-electron chi connectivity index (χ3n) is 3.94. The van der Waals surface area contributed by atoms with Crippen molar-refractivity contribution in [2.24, 2.45) is 0 Å². The molecule has 2 fully saturated rings. The summed E-state index contributed by atoms with van der Waals surface area (Å²) in [6.07, 6.45) is 3.29. The summed E-state index contributed by atoms with van der Waals surface area (Å²) in [6.45, 7) is 4.54. The zero-order chi connectivity index (χ0) is 13.1. The lowest BCUT2D eigenvalue weighted by Gasteiger charge is -2.38. The van der Waals surface area contributed by atoms with Crippen molar-refractivity contribution in [3.8, 4) is 0 Å². The average Bonchev–Trinajstić information content (AvgIpc) is 2.49. The fourth-order valence-corrected chi connectivity index (χ4v) is 2.89. The average molecular weight is 253 g/mol. The number of nitrogens with zero attached hydrogens (tertiary/aromatic N) is 2. The van der Waals surface area contributed by atoms with Crippen molar-refractivity contribution in [2.75, 3.05) is 26.7 Å². The SMILES string of the molecule is CCC1NC(=O)CCN(C2CCCN(C)C2)C1=O. The van der Waals surface area contributed by atoms with Gasteiger partial charge in [0.15, 0.2) is 0 Å². The lowest BCUT2D eigenvalue weighted by molar-refractivity contribution is -0.136. The van der Waals surface area contributed by atoms with Gasteiger partial charge in [0, 0.05) is 25.6 Å². The first-order valence-corrected chi connectivity index (χ1v) is 6.90. The van der Waals surface area contributed by atoms with E-state index in [-0.39, 0.29) is 23.9 Å². The number of piperidine rings is 1. The van der Waals surface area contributed by atoms with Gasteiger partial charge < -0.3 is 15.1 Å². The van der Waals surface area contributed by atoms with Crippen LogP contribution in [0.1, 0.15) is 32.6 Å². The first-order valence-electron chi connectivity index (χ1n) is 6.90. The predicted molar refractivity (Wildman–Crippen MR) is 69.1 cm³/mol. The van der Waals surface area contributed by atoms with Gasteiger partial charge in [0.05, 0.1) is 0 Å². The Kier molecular flexibility index (Phi) is 4.22. The van der Waals surface area contributed by atoms with Crippen molar-refractivity contribution in [3.05, 3.63) is 0 Å². The Balaban J connectivity index is 2.09. The number of rotatable bonds is 2. The molecule has 2 unspecified atom stereocenters. The molecule has 102 valence electrons. The molecule has 2 aliphatic rings. The van der Waals surface area contributed by atoms with Crippen LogP contribution in [-0.4, -0.2) is 60.4 Å². The minimum Gasteiger partial charge on any atom is -0.344 e. The first-order chi connectivity index (χ1) is 8.61. The van der Waals surface area contributed by atoms with E-state index in [1.807, 2.05) is 11.8 Å². The highest BCUT2D eigenvalue weighted by atomic mass is 16.2. The van der Waals surface area contributed by atoms with Gasteiger partial charge in [-0.25, -0.2) is 0 Å². The highest BCUT2D eigenvalue weighted by molar-refractivity contribution is 5.90. The van der Waals surface area contributed by atoms with Gasteiger partial charge in [-0.15, -0.1) is 0 Å². The van der Waals surface area contributed by atoms with E-state index in [9.17, 15) is 9.59 Å². The van der Waals surface area contributed by atoms with E-state index in [2.05, 4.69) is 17.3 Å². The number of hydrogen-bond acceptors (Lipinski definition) is 3. The summed E-state index contributed by atoms with van der Waals surface area (Å²) < 4.78 is 0. The summed E-state index contributed by atoms with van der Waals surface area (Å²) in [7, 11) is 2.09. The smallest absolute Gasteiger partial charge is 0.245 e. The fourth-order valence-electron chi connectivity index (χ4n) is 2.89. The Labute approximate surface area is 108 Å². The molecule has 0 spiro atoms. The van der Waals surface area contributed by atoms with Crippen LogP contribution in [0, 0.1) is 0 Å². The largest absolute Gasteiger partial charge is 0.344 e. The van der Waals surface area contributed by atoms with Crippen LogP contribution in [0.15, 0.2) is 0 Å². The van der Waals surface area contributed by atoms with Crippen molar-refractivity contribution >= 4 is 11.8 Å². The number of nitrogens with one attached hydrogen (secondary N) is 1. The molecule has 2 rings (SSSR count). The van der Waals surface area contributed by atoms with Gasteiger partial charge >= 0.3 is 0 Å². The zero-order valence-corrected chi connectivity index (χ0v) is 11.3. The minimum absolute atomic E-state index is 0.00173. The van der Waals surface area contributed by atoms with Crippen molar-refractivity contribution in [1.82, 2.24) is 15.1 Å². The van der Waals surface area contributed by atoms with Gasteiger partial charge in [-0.1, -0.05) is 6.92 Å². The quantitative estimate of drug-likeness (QED) is 0.765. The van der Waals surface area contributed by atoms with Crippen LogP contribution in [0.25, 0.3) is 0 Å². The molecule has 2 aliphatic heterocycles. The Morgan fingerprint density at radius 2 is 2.11 bits per heavy atom. The van der Waals surface area contributed by atoms with Gasteiger partial charge in [-0.3, -0.25) is 9.59 Å². The molecule has 2 atom stereocenters. The maximum Gasteiger partial charge on any atom is 0.245 e. The maximum atomic E-state index is 12.4. The maximum absolute atomic E-state index is 12.4. The molecule has 0 aromatic carbocycles. The van der Waals surface area contributed by atoms with Crippen LogP contribution in [0.5, 0.6) is 0 Å². The van der Waals surface area contributed by atoms with E-state index in [1.54, 1.807) is 0 Å². The Hall–Kier alpha value is -1.10. The highest BCUT2D eigenvalue weighted by Crippen LogP contribution is 2.18. The van der Waals surface area contributed by atoms with Crippen molar-refractivity contribution < 1.29 is 9.59 Å². The van der Waals surface area contributed by atoms with Gasteiger partial charge in [-0.05, 0) is 32.9 Å². The summed E-state index contributed by atoms with van der Waals surface area (Å²) in [4.78, 5) is 28.2. The normalized spacial score (nSPS) is 31.1. The van der Waals surface area contributed by atoms with E-state index in [0.29, 0.717) is 19.4 Å². The van der Waals surface area contributed by atoms with E-state index in [0.717, 1.165) is 25.9 Å². The van der Waals surface area contributed by atoms with Crippen LogP contribution in [-0.2, 0) is 9.59 Å². The topological polar surface area (TPSA) is 52.7 Å². The molecule has 2 heterocycles. The summed E-state index contributed by atoms with van der Waals surface area (Å²) in [5.74, 6) is 0.102. The third-order valence-corrected chi connectivity index (χ3v) is 3.94. The summed E-state index contributed by atoms with van der Waals surface area (Å²) in [5.41, 5.74) is 0. The van der Waals surface area contributed by atoms with Crippen molar-refractivity contribution in [3.63, 3.8) is 0 Å². The Morgan fingerprint density at radius 3 is 2.78 bits per heavy atom. The second kappa shape index (κ2) is 5.69. The Bertz CT molecular complexity index is 332. The van der Waals surface area contributed by atoms with E-state index in [1.165, 1.54) is 0 Å². The standard InChI is InChI=1S/C13H23N3O2/c1-3-11-13(18)16(8-6-12(17)14-11)10-5-4-7-15(2)9-10/h10-11H,3-9H2,1-2H3,(H,14,17). The summed E-state index contributed by atoms with van der Waals surface area (Å²) >= 11 is 0. The number of hydrogen-bond donors (Lipinski definition) is 1. The molecular formula is C13H23N3O2. The molecule has 0 saturated carbocycles. The highest BCUT2D eigenvalue weighted by Gasteiger charge is 2.34. The van der Waals surface area contributed by atoms with Crippen LogP contribution in [0.4, 0.5) is 0 Å². The van der Waals surface area contributed by atoms with Gasteiger partial charge in [0.25, 0.3) is 0 Å². The van der Waals surface area contributed by atoms with Gasteiger partial charge in [0.2, 0.25) is 11.8 Å². The minimum atomic E-state index is -0.327. The molecule has 0 aromatic rings. The lowest BCUT2D eigenvalue weighted by Crippen LogP contribution is -2.53. The molecule has 2 saturated heterocycles. The van der Waals surface area contributed by atoms with Crippen molar-refractivity contribution in [1.29, 1.82) is 0 Å². The second-order valence-corrected chi connectivity index (χ2v) is 5.37. The molecule has 1 N–H and O–H groups in total. The Morgan fingerprint density at radius 1 is 1.33 bits per heavy atom. The molecule has 0 radical (unpaired) electrons. The number of carbonyl (C=O) groups is 2. The summed E-state index contributed by atoms with van der Waals surface area (Å²) in [5, 5.41) is 2.81. The molecule has 0 aromatic heterocycles. The van der Waals surface area contributed by atoms with E-state index in [4.69, 9.17) is 0 Å². The third kappa shape index (κ3) is 2.83. The van der Waals surface area contributed by atoms with E-state index < -0.39 is 0 Å². The van der Waals surface area contributed by atoms with Crippen LogP contribution < -0.4 is 5.32 Å². The molecule has 18 heavy (non-hydrogen) atoms. The molecule has 2 amide bonds. The molecule has 0 aliphatic carbocycles. The fraction of sp³-hybridized carbons (Fsp3) is 0.846. The number of likely N-dealkylation sites (N-methyl/N-ethyl adjacent to an activating group) is 1. The zero-order valence-electron chi connectivity index (χ0n) is 11.3. The van der Waals surface area contributed by atoms with Crippen LogP contribution in [0.3, 0.4) is 0 Å². The van der Waals surface area contributed by atoms with Gasteiger partial charge in [0.1, 0.15) is 6.04 Å². The first kappa shape index (κ1) is 13.3. The van der Waals surface area contributed by atoms with Crippen LogP contribution in [0.2, 0.25) is 0 Å². The lowest BCUT2D eigenvalue weighted by atomic mass is 10.0. The van der Waals surface area contributed by atoms with E-state index >= 15 is 0 Å². The molecule has 0 bridgehead atoms. The number of carbonyl (C=O) groups excluding carboxylic acids is 2. The number of amides is 2. The van der Waals surface area contributed by atoms with Gasteiger partial charge in [-0.2, -0.15) is 0 Å². The number of likely N-dealkylation sites (tertiary alicyclic amines) is 1. The molecule has 5 heteroatoms. The second-order valence-electron chi connectivity index (χ2n) is 5.37. The monoisotopic (exact) mass is 253 g/mol. The predicted octanol–water partition coefficient (Wildman–Crippen LogP) is 0.208. The molecule has 5 nitrogen and oxygen atoms in total. The van der Waals surface area contributed by atoms with Crippen LogP contribution >= 0.6 is 0 Å². The summed E-state index contributed by atoms with van der Waals surface area (Å²) in [6, 6.07) is -0.0507.